The molecular weight excluding hydrogens is 290 g/mol. The highest BCUT2D eigenvalue weighted by Crippen LogP contribution is 2.22. The predicted octanol–water partition coefficient (Wildman–Crippen LogP) is 1.66. The van der Waals surface area contributed by atoms with Gasteiger partial charge in [0, 0.05) is 48.3 Å². The van der Waals surface area contributed by atoms with Crippen LogP contribution >= 0.6 is 11.6 Å². The van der Waals surface area contributed by atoms with E-state index in [1.54, 1.807) is 4.90 Å². The van der Waals surface area contributed by atoms with Crippen LogP contribution in [0.5, 0.6) is 0 Å². The summed E-state index contributed by atoms with van der Waals surface area (Å²) in [5, 5.41) is 1.70. The van der Waals surface area contributed by atoms with Crippen LogP contribution in [-0.2, 0) is 16.0 Å². The van der Waals surface area contributed by atoms with Crippen LogP contribution in [-0.4, -0.2) is 53.3 Å². The zero-order chi connectivity index (χ0) is 14.8. The lowest BCUT2D eigenvalue weighted by Crippen LogP contribution is -2.48. The number of benzene rings is 1. The second-order valence-electron chi connectivity index (χ2n) is 5.20. The molecule has 1 fully saturated rings. The van der Waals surface area contributed by atoms with Gasteiger partial charge >= 0.3 is 0 Å². The minimum atomic E-state index is 0.0939. The van der Waals surface area contributed by atoms with Crippen molar-refractivity contribution in [3.8, 4) is 0 Å². The Bertz CT molecular complexity index is 675. The van der Waals surface area contributed by atoms with E-state index in [0.717, 1.165) is 22.9 Å². The number of hydrogen-bond acceptors (Lipinski definition) is 2. The molecule has 1 aromatic carbocycles. The summed E-state index contributed by atoms with van der Waals surface area (Å²) in [6, 6.07) is 5.61. The molecule has 21 heavy (non-hydrogen) atoms. The van der Waals surface area contributed by atoms with Gasteiger partial charge in [0.1, 0.15) is 0 Å². The second-order valence-corrected chi connectivity index (χ2v) is 5.64. The van der Waals surface area contributed by atoms with E-state index in [0.29, 0.717) is 37.6 Å². The van der Waals surface area contributed by atoms with Gasteiger partial charge in [0.25, 0.3) is 0 Å². The number of aromatic nitrogens is 1. The molecule has 2 amide bonds. The number of H-pyrrole nitrogens is 1. The van der Waals surface area contributed by atoms with E-state index >= 15 is 0 Å². The number of halogens is 1. The molecule has 0 unspecified atom stereocenters. The molecule has 1 aliphatic rings. The summed E-state index contributed by atoms with van der Waals surface area (Å²) in [6.07, 6.45) is 3.06. The molecule has 5 nitrogen and oxygen atoms in total. The van der Waals surface area contributed by atoms with E-state index in [4.69, 9.17) is 11.6 Å². The maximum atomic E-state index is 12.4. The smallest absolute Gasteiger partial charge is 0.227 e. The Kier molecular flexibility index (Phi) is 3.84. The summed E-state index contributed by atoms with van der Waals surface area (Å²) in [6.45, 7) is 2.43. The zero-order valence-corrected chi connectivity index (χ0v) is 12.3. The standard InChI is InChI=1S/C15H16ClN3O2/c16-12-1-2-13-11(9-17-14(13)8-12)7-15(21)19-5-3-18(10-20)4-6-19/h1-2,8-10,17H,3-7H2. The average Bonchev–Trinajstić information content (AvgIpc) is 2.89. The average molecular weight is 306 g/mol. The Balaban J connectivity index is 1.70. The first-order valence-corrected chi connectivity index (χ1v) is 7.28. The van der Waals surface area contributed by atoms with Gasteiger partial charge in [0.05, 0.1) is 6.42 Å². The van der Waals surface area contributed by atoms with Crippen LogP contribution in [0.25, 0.3) is 10.9 Å². The van der Waals surface area contributed by atoms with Crippen LogP contribution in [0, 0.1) is 0 Å². The number of fused-ring (bicyclic) bond motifs is 1. The summed E-state index contributed by atoms with van der Waals surface area (Å²) in [7, 11) is 0. The summed E-state index contributed by atoms with van der Waals surface area (Å²) in [4.78, 5) is 29.7. The molecule has 0 aliphatic carbocycles. The van der Waals surface area contributed by atoms with Crippen LogP contribution in [0.2, 0.25) is 5.02 Å². The molecule has 1 aromatic heterocycles. The molecule has 3 rings (SSSR count). The maximum absolute atomic E-state index is 12.4. The molecule has 0 bridgehead atoms. The number of amides is 2. The first-order chi connectivity index (χ1) is 10.2. The summed E-state index contributed by atoms with van der Waals surface area (Å²) >= 11 is 5.95. The monoisotopic (exact) mass is 305 g/mol. The largest absolute Gasteiger partial charge is 0.361 e. The highest BCUT2D eigenvalue weighted by atomic mass is 35.5. The van der Waals surface area contributed by atoms with Gasteiger partial charge in [-0.2, -0.15) is 0 Å². The van der Waals surface area contributed by atoms with Crippen molar-refractivity contribution in [2.24, 2.45) is 0 Å². The van der Waals surface area contributed by atoms with Crippen LogP contribution in [0.4, 0.5) is 0 Å². The molecule has 6 heteroatoms. The number of carbonyl (C=O) groups excluding carboxylic acids is 2. The lowest BCUT2D eigenvalue weighted by Gasteiger charge is -2.32. The maximum Gasteiger partial charge on any atom is 0.227 e. The van der Waals surface area contributed by atoms with Gasteiger partial charge in [0.15, 0.2) is 0 Å². The summed E-state index contributed by atoms with van der Waals surface area (Å²) in [5.74, 6) is 0.0939. The van der Waals surface area contributed by atoms with E-state index in [2.05, 4.69) is 4.98 Å². The van der Waals surface area contributed by atoms with Gasteiger partial charge in [0.2, 0.25) is 12.3 Å². The van der Waals surface area contributed by atoms with Crippen molar-refractivity contribution in [3.63, 3.8) is 0 Å². The van der Waals surface area contributed by atoms with Crippen molar-refractivity contribution in [2.45, 2.75) is 6.42 Å². The third-order valence-corrected chi connectivity index (χ3v) is 4.12. The van der Waals surface area contributed by atoms with E-state index in [9.17, 15) is 9.59 Å². The van der Waals surface area contributed by atoms with Gasteiger partial charge in [-0.3, -0.25) is 9.59 Å². The molecule has 0 saturated carbocycles. The molecule has 0 spiro atoms. The lowest BCUT2D eigenvalue weighted by molar-refractivity contribution is -0.134. The first kappa shape index (κ1) is 13.9. The highest BCUT2D eigenvalue weighted by Gasteiger charge is 2.21. The van der Waals surface area contributed by atoms with Crippen molar-refractivity contribution in [1.82, 2.24) is 14.8 Å². The molecule has 2 aromatic rings. The van der Waals surface area contributed by atoms with E-state index in [1.807, 2.05) is 29.3 Å². The lowest BCUT2D eigenvalue weighted by atomic mass is 10.1. The fourth-order valence-corrected chi connectivity index (χ4v) is 2.83. The van der Waals surface area contributed by atoms with Crippen molar-refractivity contribution >= 4 is 34.8 Å². The number of hydrogen-bond donors (Lipinski definition) is 1. The van der Waals surface area contributed by atoms with Crippen molar-refractivity contribution in [2.75, 3.05) is 26.2 Å². The Morgan fingerprint density at radius 3 is 2.76 bits per heavy atom. The molecule has 0 atom stereocenters. The third kappa shape index (κ3) is 2.88. The Labute approximate surface area is 127 Å². The Morgan fingerprint density at radius 2 is 2.05 bits per heavy atom. The zero-order valence-electron chi connectivity index (χ0n) is 11.5. The molecule has 0 radical (unpaired) electrons. The first-order valence-electron chi connectivity index (χ1n) is 6.90. The van der Waals surface area contributed by atoms with E-state index in [-0.39, 0.29) is 5.91 Å². The SMILES string of the molecule is O=CN1CCN(C(=O)Cc2c[nH]c3cc(Cl)ccc23)CC1. The number of carbonyl (C=O) groups is 2. The van der Waals surface area contributed by atoms with Crippen LogP contribution < -0.4 is 0 Å². The number of nitrogens with zero attached hydrogens (tertiary/aromatic N) is 2. The van der Waals surface area contributed by atoms with E-state index in [1.165, 1.54) is 0 Å². The minimum Gasteiger partial charge on any atom is -0.361 e. The summed E-state index contributed by atoms with van der Waals surface area (Å²) < 4.78 is 0. The van der Waals surface area contributed by atoms with Gasteiger partial charge in [-0.05, 0) is 17.7 Å². The van der Waals surface area contributed by atoms with Gasteiger partial charge in [-0.15, -0.1) is 0 Å². The fourth-order valence-electron chi connectivity index (χ4n) is 2.66. The number of nitrogens with one attached hydrogen (secondary N) is 1. The Hall–Kier alpha value is -2.01. The number of rotatable bonds is 3. The van der Waals surface area contributed by atoms with Crippen LogP contribution in [0.3, 0.4) is 0 Å². The predicted molar refractivity (Wildman–Crippen MR) is 81.2 cm³/mol. The van der Waals surface area contributed by atoms with Crippen molar-refractivity contribution in [3.05, 3.63) is 35.0 Å². The summed E-state index contributed by atoms with van der Waals surface area (Å²) in [5.41, 5.74) is 1.92. The normalized spacial score (nSPS) is 15.5. The van der Waals surface area contributed by atoms with E-state index < -0.39 is 0 Å². The second kappa shape index (κ2) is 5.77. The molecule has 1 aliphatic heterocycles. The Morgan fingerprint density at radius 1 is 1.29 bits per heavy atom. The third-order valence-electron chi connectivity index (χ3n) is 3.89. The molecule has 1 N–H and O–H groups in total. The number of aromatic amines is 1. The fraction of sp³-hybridized carbons (Fsp3) is 0.333. The topological polar surface area (TPSA) is 56.4 Å². The van der Waals surface area contributed by atoms with Gasteiger partial charge in [-0.1, -0.05) is 17.7 Å². The minimum absolute atomic E-state index is 0.0939. The molecule has 110 valence electrons. The molecular formula is C15H16ClN3O2. The van der Waals surface area contributed by atoms with Crippen LogP contribution in [0.15, 0.2) is 24.4 Å². The van der Waals surface area contributed by atoms with Crippen molar-refractivity contribution in [1.29, 1.82) is 0 Å². The van der Waals surface area contributed by atoms with Crippen molar-refractivity contribution < 1.29 is 9.59 Å². The highest BCUT2D eigenvalue weighted by molar-refractivity contribution is 6.31. The van der Waals surface area contributed by atoms with Gasteiger partial charge in [-0.25, -0.2) is 0 Å². The molecule has 2 heterocycles. The molecule has 1 saturated heterocycles. The number of piperazine rings is 1. The quantitative estimate of drug-likeness (QED) is 0.877. The van der Waals surface area contributed by atoms with Gasteiger partial charge < -0.3 is 14.8 Å². The van der Waals surface area contributed by atoms with Crippen LogP contribution in [0.1, 0.15) is 5.56 Å².